The van der Waals surface area contributed by atoms with E-state index < -0.39 is 0 Å². The van der Waals surface area contributed by atoms with Crippen LogP contribution in [0.15, 0.2) is 30.3 Å². The SMILES string of the molecule is CCCN1CCc2cc(OCCO)cc3c2[C@H]1Cc1cccc(O)c1-3. The van der Waals surface area contributed by atoms with Crippen molar-refractivity contribution < 1.29 is 14.9 Å². The second-order valence-electron chi connectivity index (χ2n) is 6.93. The number of aliphatic hydroxyl groups is 1. The van der Waals surface area contributed by atoms with Gasteiger partial charge in [0.1, 0.15) is 18.1 Å². The second-order valence-corrected chi connectivity index (χ2v) is 6.93. The lowest BCUT2D eigenvalue weighted by Crippen LogP contribution is -2.38. The predicted octanol–water partition coefficient (Wildman–Crippen LogP) is 3.30. The number of phenolic OH excluding ortho intramolecular Hbond substituents is 1. The molecule has 0 fully saturated rings. The van der Waals surface area contributed by atoms with E-state index in [1.54, 1.807) is 6.07 Å². The van der Waals surface area contributed by atoms with Gasteiger partial charge in [0.15, 0.2) is 0 Å². The van der Waals surface area contributed by atoms with Crippen molar-refractivity contribution in [1.82, 2.24) is 4.90 Å². The molecule has 0 unspecified atom stereocenters. The number of benzene rings is 2. The summed E-state index contributed by atoms with van der Waals surface area (Å²) in [5, 5.41) is 19.6. The minimum Gasteiger partial charge on any atom is -0.507 e. The first kappa shape index (κ1) is 16.4. The van der Waals surface area contributed by atoms with Crippen LogP contribution in [0.3, 0.4) is 0 Å². The third-order valence-electron chi connectivity index (χ3n) is 5.36. The Labute approximate surface area is 148 Å². The van der Waals surface area contributed by atoms with E-state index in [9.17, 15) is 5.11 Å². The summed E-state index contributed by atoms with van der Waals surface area (Å²) < 4.78 is 5.71. The maximum absolute atomic E-state index is 10.5. The highest BCUT2D eigenvalue weighted by molar-refractivity contribution is 5.81. The molecule has 0 amide bonds. The molecule has 2 aromatic carbocycles. The van der Waals surface area contributed by atoms with Crippen LogP contribution in [0.1, 0.15) is 36.1 Å². The number of aliphatic hydroxyl groups excluding tert-OH is 1. The quantitative estimate of drug-likeness (QED) is 0.878. The molecule has 0 saturated heterocycles. The number of fused-ring (bicyclic) bond motifs is 2. The van der Waals surface area contributed by atoms with E-state index in [2.05, 4.69) is 24.0 Å². The average Bonchev–Trinajstić information content (AvgIpc) is 2.62. The van der Waals surface area contributed by atoms with Gasteiger partial charge in [-0.05, 0) is 66.3 Å². The van der Waals surface area contributed by atoms with E-state index in [1.165, 1.54) is 16.7 Å². The van der Waals surface area contributed by atoms with Crippen molar-refractivity contribution in [3.05, 3.63) is 47.0 Å². The maximum atomic E-state index is 10.5. The summed E-state index contributed by atoms with van der Waals surface area (Å²) in [6.45, 7) is 4.67. The zero-order valence-electron chi connectivity index (χ0n) is 14.7. The van der Waals surface area contributed by atoms with Crippen LogP contribution in [0.4, 0.5) is 0 Å². The smallest absolute Gasteiger partial charge is 0.123 e. The van der Waals surface area contributed by atoms with Crippen molar-refractivity contribution in [1.29, 1.82) is 0 Å². The fourth-order valence-electron chi connectivity index (χ4n) is 4.40. The molecule has 4 heteroatoms. The molecule has 1 aliphatic carbocycles. The van der Waals surface area contributed by atoms with Crippen LogP contribution >= 0.6 is 0 Å². The molecule has 2 aromatic rings. The first-order chi connectivity index (χ1) is 12.2. The molecular formula is C21H25NO3. The van der Waals surface area contributed by atoms with Gasteiger partial charge in [-0.25, -0.2) is 0 Å². The minimum atomic E-state index is 0.00115. The number of phenols is 1. The number of ether oxygens (including phenoxy) is 1. The van der Waals surface area contributed by atoms with Gasteiger partial charge in [-0.3, -0.25) is 4.90 Å². The predicted molar refractivity (Wildman–Crippen MR) is 98.1 cm³/mol. The van der Waals surface area contributed by atoms with Crippen molar-refractivity contribution in [2.24, 2.45) is 0 Å². The van der Waals surface area contributed by atoms with Crippen LogP contribution in [0.25, 0.3) is 11.1 Å². The number of hydrogen-bond donors (Lipinski definition) is 2. The molecule has 25 heavy (non-hydrogen) atoms. The Morgan fingerprint density at radius 2 is 2.12 bits per heavy atom. The molecule has 2 aliphatic rings. The van der Waals surface area contributed by atoms with Crippen LogP contribution in [-0.4, -0.2) is 41.4 Å². The van der Waals surface area contributed by atoms with Crippen molar-refractivity contribution in [3.8, 4) is 22.6 Å². The zero-order valence-corrected chi connectivity index (χ0v) is 14.7. The summed E-state index contributed by atoms with van der Waals surface area (Å²) in [6.07, 6.45) is 3.09. The Bertz CT molecular complexity index is 787. The summed E-state index contributed by atoms with van der Waals surface area (Å²) in [5.74, 6) is 1.12. The van der Waals surface area contributed by atoms with Gasteiger partial charge in [0.05, 0.1) is 6.61 Å². The van der Waals surface area contributed by atoms with Crippen molar-refractivity contribution >= 4 is 0 Å². The molecule has 4 rings (SSSR count). The monoisotopic (exact) mass is 339 g/mol. The third-order valence-corrected chi connectivity index (χ3v) is 5.36. The van der Waals surface area contributed by atoms with E-state index in [1.807, 2.05) is 12.1 Å². The standard InChI is InChI=1S/C21H25NO3/c1-2-7-22-8-6-15-11-16(25-10-9-23)13-17-20(15)18(22)12-14-4-3-5-19(24)21(14)17/h3-5,11,13,18,23-24H,2,6-10,12H2,1H3/t18-/m1/s1. The zero-order chi connectivity index (χ0) is 17.4. The molecule has 1 heterocycles. The molecule has 0 bridgehead atoms. The van der Waals surface area contributed by atoms with Crippen LogP contribution in [0, 0.1) is 0 Å². The largest absolute Gasteiger partial charge is 0.507 e. The summed E-state index contributed by atoms with van der Waals surface area (Å²) >= 11 is 0. The molecule has 1 aliphatic heterocycles. The van der Waals surface area contributed by atoms with E-state index in [0.29, 0.717) is 11.8 Å². The van der Waals surface area contributed by atoms with Crippen molar-refractivity contribution in [2.45, 2.75) is 32.2 Å². The van der Waals surface area contributed by atoms with Crippen LogP contribution in [0.5, 0.6) is 11.5 Å². The van der Waals surface area contributed by atoms with E-state index in [0.717, 1.165) is 49.2 Å². The lowest BCUT2D eigenvalue weighted by molar-refractivity contribution is 0.181. The lowest BCUT2D eigenvalue weighted by Gasteiger charge is -2.42. The van der Waals surface area contributed by atoms with Gasteiger partial charge in [0.2, 0.25) is 0 Å². The lowest BCUT2D eigenvalue weighted by atomic mass is 9.76. The molecule has 4 nitrogen and oxygen atoms in total. The van der Waals surface area contributed by atoms with Crippen LogP contribution in [-0.2, 0) is 12.8 Å². The third kappa shape index (κ3) is 2.79. The van der Waals surface area contributed by atoms with Crippen LogP contribution in [0.2, 0.25) is 0 Å². The van der Waals surface area contributed by atoms with E-state index >= 15 is 0 Å². The van der Waals surface area contributed by atoms with Gasteiger partial charge in [-0.2, -0.15) is 0 Å². The van der Waals surface area contributed by atoms with Gasteiger partial charge in [-0.1, -0.05) is 19.1 Å². The molecule has 132 valence electrons. The molecule has 0 aromatic heterocycles. The summed E-state index contributed by atoms with van der Waals surface area (Å²) in [7, 11) is 0. The highest BCUT2D eigenvalue weighted by Gasteiger charge is 2.35. The molecule has 0 spiro atoms. The molecule has 1 atom stereocenters. The Kier molecular flexibility index (Phi) is 4.40. The normalized spacial score (nSPS) is 18.6. The number of aromatic hydroxyl groups is 1. The van der Waals surface area contributed by atoms with Gasteiger partial charge >= 0.3 is 0 Å². The molecule has 0 radical (unpaired) electrons. The first-order valence-electron chi connectivity index (χ1n) is 9.18. The van der Waals surface area contributed by atoms with Gasteiger partial charge < -0.3 is 14.9 Å². The topological polar surface area (TPSA) is 52.9 Å². The maximum Gasteiger partial charge on any atom is 0.123 e. The number of hydrogen-bond acceptors (Lipinski definition) is 4. The highest BCUT2D eigenvalue weighted by atomic mass is 16.5. The average molecular weight is 339 g/mol. The fraction of sp³-hybridized carbons (Fsp3) is 0.429. The summed E-state index contributed by atoms with van der Waals surface area (Å²) in [4.78, 5) is 2.58. The Hall–Kier alpha value is -2.04. The van der Waals surface area contributed by atoms with E-state index in [-0.39, 0.29) is 13.2 Å². The minimum absolute atomic E-state index is 0.00115. The van der Waals surface area contributed by atoms with Gasteiger partial charge in [0.25, 0.3) is 0 Å². The molecular weight excluding hydrogens is 314 g/mol. The molecule has 0 saturated carbocycles. The van der Waals surface area contributed by atoms with Gasteiger partial charge in [-0.15, -0.1) is 0 Å². The molecule has 2 N–H and O–H groups in total. The van der Waals surface area contributed by atoms with Crippen molar-refractivity contribution in [2.75, 3.05) is 26.3 Å². The van der Waals surface area contributed by atoms with Crippen LogP contribution < -0.4 is 4.74 Å². The van der Waals surface area contributed by atoms with Crippen molar-refractivity contribution in [3.63, 3.8) is 0 Å². The highest BCUT2D eigenvalue weighted by Crippen LogP contribution is 2.49. The Balaban J connectivity index is 1.88. The number of nitrogens with zero attached hydrogens (tertiary/aromatic N) is 1. The summed E-state index contributed by atoms with van der Waals surface area (Å²) in [5.41, 5.74) is 5.91. The number of rotatable bonds is 5. The Morgan fingerprint density at radius 1 is 1.24 bits per heavy atom. The van der Waals surface area contributed by atoms with E-state index in [4.69, 9.17) is 9.84 Å². The first-order valence-corrected chi connectivity index (χ1v) is 9.18. The fourth-order valence-corrected chi connectivity index (χ4v) is 4.40. The van der Waals surface area contributed by atoms with Gasteiger partial charge in [0, 0.05) is 18.2 Å². The summed E-state index contributed by atoms with van der Waals surface area (Å²) in [6, 6.07) is 10.3. The Morgan fingerprint density at radius 3 is 2.92 bits per heavy atom. The second kappa shape index (κ2) is 6.70.